The number of hydrogen-bond acceptors (Lipinski definition) is 3. The van der Waals surface area contributed by atoms with Gasteiger partial charge in [-0.25, -0.2) is 0 Å². The van der Waals surface area contributed by atoms with E-state index in [9.17, 15) is 4.79 Å². The van der Waals surface area contributed by atoms with Gasteiger partial charge in [-0.2, -0.15) is 0 Å². The van der Waals surface area contributed by atoms with Gasteiger partial charge in [-0.05, 0) is 61.6 Å². The van der Waals surface area contributed by atoms with Gasteiger partial charge in [0.15, 0.2) is 6.10 Å². The highest BCUT2D eigenvalue weighted by atomic mass is 35.5. The number of amides is 1. The van der Waals surface area contributed by atoms with E-state index in [0.29, 0.717) is 10.8 Å². The van der Waals surface area contributed by atoms with E-state index in [1.54, 1.807) is 19.1 Å². The molecule has 126 valence electrons. The molecule has 2 atom stereocenters. The van der Waals surface area contributed by atoms with Crippen molar-refractivity contribution in [1.82, 2.24) is 5.32 Å². The van der Waals surface area contributed by atoms with Gasteiger partial charge in [0.2, 0.25) is 0 Å². The molecule has 3 N–H and O–H groups in total. The lowest BCUT2D eigenvalue weighted by molar-refractivity contribution is -0.128. The normalized spacial score (nSPS) is 17.7. The number of anilines is 1. The standard InChI is InChI=1S/C19H21ClN2O2/c1-12(24-18-8-3-2-6-16(18)20)19(23)22-17-7-4-5-13-11-14(21)9-10-15(13)17/h2-3,6,8-12,17H,4-5,7,21H2,1H3,(H,22,23). The fourth-order valence-electron chi connectivity index (χ4n) is 3.06. The second-order valence-corrected chi connectivity index (χ2v) is 6.51. The molecule has 0 heterocycles. The summed E-state index contributed by atoms with van der Waals surface area (Å²) >= 11 is 6.08. The Kier molecular flexibility index (Phi) is 4.95. The van der Waals surface area contributed by atoms with Crippen LogP contribution in [0.5, 0.6) is 5.75 Å². The van der Waals surface area contributed by atoms with Crippen LogP contribution in [0.3, 0.4) is 0 Å². The molecule has 1 amide bonds. The van der Waals surface area contributed by atoms with Crippen LogP contribution in [0.1, 0.15) is 36.9 Å². The zero-order valence-electron chi connectivity index (χ0n) is 13.6. The van der Waals surface area contributed by atoms with Crippen molar-refractivity contribution < 1.29 is 9.53 Å². The van der Waals surface area contributed by atoms with Gasteiger partial charge in [0, 0.05) is 5.69 Å². The summed E-state index contributed by atoms with van der Waals surface area (Å²) < 4.78 is 5.69. The maximum Gasteiger partial charge on any atom is 0.261 e. The SMILES string of the molecule is CC(Oc1ccccc1Cl)C(=O)NC1CCCc2cc(N)ccc21. The Balaban J connectivity index is 1.68. The zero-order chi connectivity index (χ0) is 17.1. The van der Waals surface area contributed by atoms with Gasteiger partial charge < -0.3 is 15.8 Å². The summed E-state index contributed by atoms with van der Waals surface area (Å²) in [6.45, 7) is 1.73. The second-order valence-electron chi connectivity index (χ2n) is 6.10. The fourth-order valence-corrected chi connectivity index (χ4v) is 3.24. The van der Waals surface area contributed by atoms with E-state index in [4.69, 9.17) is 22.1 Å². The number of nitrogens with two attached hydrogens (primary N) is 1. The fraction of sp³-hybridized carbons (Fsp3) is 0.316. The number of benzene rings is 2. The summed E-state index contributed by atoms with van der Waals surface area (Å²) in [6, 6.07) is 13.0. The summed E-state index contributed by atoms with van der Waals surface area (Å²) in [5.74, 6) is 0.364. The lowest BCUT2D eigenvalue weighted by Gasteiger charge is -2.28. The van der Waals surface area contributed by atoms with Crippen LogP contribution >= 0.6 is 11.6 Å². The van der Waals surface area contributed by atoms with Crippen molar-refractivity contribution in [2.75, 3.05) is 5.73 Å². The predicted molar refractivity (Wildman–Crippen MR) is 96.2 cm³/mol. The quantitative estimate of drug-likeness (QED) is 0.827. The molecule has 3 rings (SSSR count). The molecule has 2 aromatic carbocycles. The lowest BCUT2D eigenvalue weighted by atomic mass is 9.87. The van der Waals surface area contributed by atoms with E-state index in [-0.39, 0.29) is 11.9 Å². The van der Waals surface area contributed by atoms with Crippen LogP contribution in [-0.4, -0.2) is 12.0 Å². The zero-order valence-corrected chi connectivity index (χ0v) is 14.3. The number of ether oxygens (including phenoxy) is 1. The number of nitrogen functional groups attached to an aromatic ring is 1. The number of halogens is 1. The third-order valence-electron chi connectivity index (χ3n) is 4.31. The van der Waals surface area contributed by atoms with Gasteiger partial charge in [-0.3, -0.25) is 4.79 Å². The average Bonchev–Trinajstić information content (AvgIpc) is 2.56. The largest absolute Gasteiger partial charge is 0.479 e. The monoisotopic (exact) mass is 344 g/mol. The maximum absolute atomic E-state index is 12.5. The van der Waals surface area contributed by atoms with Crippen molar-refractivity contribution in [1.29, 1.82) is 0 Å². The van der Waals surface area contributed by atoms with E-state index in [2.05, 4.69) is 5.32 Å². The average molecular weight is 345 g/mol. The van der Waals surface area contributed by atoms with Gasteiger partial charge in [-0.1, -0.05) is 29.8 Å². The first-order chi connectivity index (χ1) is 11.5. The third-order valence-corrected chi connectivity index (χ3v) is 4.62. The Labute approximate surface area is 147 Å². The van der Waals surface area contributed by atoms with Gasteiger partial charge in [0.05, 0.1) is 11.1 Å². The molecule has 0 bridgehead atoms. The van der Waals surface area contributed by atoms with E-state index in [0.717, 1.165) is 30.5 Å². The topological polar surface area (TPSA) is 64.3 Å². The number of carbonyl (C=O) groups is 1. The van der Waals surface area contributed by atoms with Crippen molar-refractivity contribution >= 4 is 23.2 Å². The van der Waals surface area contributed by atoms with E-state index in [1.165, 1.54) is 5.56 Å². The summed E-state index contributed by atoms with van der Waals surface area (Å²) in [5, 5.41) is 3.58. The first kappa shape index (κ1) is 16.7. The molecule has 2 unspecified atom stereocenters. The lowest BCUT2D eigenvalue weighted by Crippen LogP contribution is -2.39. The number of nitrogens with one attached hydrogen (secondary N) is 1. The molecule has 0 aliphatic heterocycles. The first-order valence-corrected chi connectivity index (χ1v) is 8.52. The Morgan fingerprint density at radius 2 is 2.12 bits per heavy atom. The molecule has 5 heteroatoms. The summed E-state index contributed by atoms with van der Waals surface area (Å²) in [4.78, 5) is 12.5. The number of fused-ring (bicyclic) bond motifs is 1. The van der Waals surface area contributed by atoms with Crippen LogP contribution in [-0.2, 0) is 11.2 Å². The molecule has 0 radical (unpaired) electrons. The van der Waals surface area contributed by atoms with E-state index < -0.39 is 6.10 Å². The van der Waals surface area contributed by atoms with Crippen LogP contribution in [0.2, 0.25) is 5.02 Å². The van der Waals surface area contributed by atoms with Gasteiger partial charge in [0.1, 0.15) is 5.75 Å². The molecule has 4 nitrogen and oxygen atoms in total. The maximum atomic E-state index is 12.5. The molecule has 0 aromatic heterocycles. The highest BCUT2D eigenvalue weighted by Gasteiger charge is 2.25. The van der Waals surface area contributed by atoms with E-state index >= 15 is 0 Å². The van der Waals surface area contributed by atoms with Crippen LogP contribution in [0, 0.1) is 0 Å². The highest BCUT2D eigenvalue weighted by Crippen LogP contribution is 2.31. The second kappa shape index (κ2) is 7.14. The molecular weight excluding hydrogens is 324 g/mol. The minimum Gasteiger partial charge on any atom is -0.479 e. The van der Waals surface area contributed by atoms with Crippen LogP contribution < -0.4 is 15.8 Å². The molecule has 2 aromatic rings. The van der Waals surface area contributed by atoms with Crippen molar-refractivity contribution in [3.8, 4) is 5.75 Å². The Hall–Kier alpha value is -2.20. The minimum absolute atomic E-state index is 0.000791. The molecule has 0 saturated carbocycles. The van der Waals surface area contributed by atoms with Crippen LogP contribution in [0.25, 0.3) is 0 Å². The van der Waals surface area contributed by atoms with Crippen LogP contribution in [0.15, 0.2) is 42.5 Å². The molecule has 0 saturated heterocycles. The van der Waals surface area contributed by atoms with Crippen molar-refractivity contribution in [2.45, 2.75) is 38.3 Å². The first-order valence-electron chi connectivity index (χ1n) is 8.14. The van der Waals surface area contributed by atoms with Crippen LogP contribution in [0.4, 0.5) is 5.69 Å². The number of rotatable bonds is 4. The Morgan fingerprint density at radius 3 is 2.92 bits per heavy atom. The van der Waals surface area contributed by atoms with Gasteiger partial charge >= 0.3 is 0 Å². The smallest absolute Gasteiger partial charge is 0.261 e. The van der Waals surface area contributed by atoms with Crippen molar-refractivity contribution in [3.63, 3.8) is 0 Å². The highest BCUT2D eigenvalue weighted by molar-refractivity contribution is 6.32. The molecular formula is C19H21ClN2O2. The Bertz CT molecular complexity index is 748. The molecule has 24 heavy (non-hydrogen) atoms. The Morgan fingerprint density at radius 1 is 1.33 bits per heavy atom. The predicted octanol–water partition coefficient (Wildman–Crippen LogP) is 3.88. The van der Waals surface area contributed by atoms with Crippen molar-refractivity contribution in [2.24, 2.45) is 0 Å². The number of para-hydroxylation sites is 1. The molecule has 0 fully saturated rings. The number of carbonyl (C=O) groups excluding carboxylic acids is 1. The van der Waals surface area contributed by atoms with Gasteiger partial charge in [-0.15, -0.1) is 0 Å². The number of hydrogen-bond donors (Lipinski definition) is 2. The van der Waals surface area contributed by atoms with E-state index in [1.807, 2.05) is 30.3 Å². The molecule has 1 aliphatic carbocycles. The summed E-state index contributed by atoms with van der Waals surface area (Å²) in [5.41, 5.74) is 8.98. The minimum atomic E-state index is -0.621. The van der Waals surface area contributed by atoms with Crippen molar-refractivity contribution in [3.05, 3.63) is 58.6 Å². The summed E-state index contributed by atoms with van der Waals surface area (Å²) in [7, 11) is 0. The molecule has 1 aliphatic rings. The number of aryl methyl sites for hydroxylation is 1. The van der Waals surface area contributed by atoms with Gasteiger partial charge in [0.25, 0.3) is 5.91 Å². The molecule has 0 spiro atoms. The third kappa shape index (κ3) is 3.65. The summed E-state index contributed by atoms with van der Waals surface area (Å²) in [6.07, 6.45) is 2.32.